The summed E-state index contributed by atoms with van der Waals surface area (Å²) in [6, 6.07) is 12.4. The van der Waals surface area contributed by atoms with E-state index in [1.165, 1.54) is 33.2 Å². The van der Waals surface area contributed by atoms with Crippen molar-refractivity contribution < 1.29 is 4.79 Å². The van der Waals surface area contributed by atoms with E-state index in [2.05, 4.69) is 56.2 Å². The van der Waals surface area contributed by atoms with Gasteiger partial charge in [0, 0.05) is 41.3 Å². The number of aromatic nitrogens is 1. The highest BCUT2D eigenvalue weighted by Gasteiger charge is 2.28. The van der Waals surface area contributed by atoms with E-state index in [-0.39, 0.29) is 11.4 Å². The van der Waals surface area contributed by atoms with Crippen LogP contribution in [0, 0.1) is 13.8 Å². The molecule has 0 radical (unpaired) electrons. The topological polar surface area (TPSA) is 62.1 Å². The van der Waals surface area contributed by atoms with E-state index >= 15 is 0 Å². The van der Waals surface area contributed by atoms with Gasteiger partial charge in [-0.2, -0.15) is 0 Å². The molecule has 3 aromatic rings. The quantitative estimate of drug-likeness (QED) is 0.651. The smallest absolute Gasteiger partial charge is 0.254 e. The molecule has 2 heterocycles. The van der Waals surface area contributed by atoms with Crippen molar-refractivity contribution in [3.63, 3.8) is 0 Å². The van der Waals surface area contributed by atoms with Crippen molar-refractivity contribution in [1.82, 2.24) is 9.88 Å². The third-order valence-electron chi connectivity index (χ3n) is 6.61. The Balaban J connectivity index is 1.38. The first kappa shape index (κ1) is 19.7. The Labute approximate surface area is 173 Å². The lowest BCUT2D eigenvalue weighted by atomic mass is 9.89. The van der Waals surface area contributed by atoms with Crippen LogP contribution < -0.4 is 5.73 Å². The van der Waals surface area contributed by atoms with Gasteiger partial charge in [-0.1, -0.05) is 24.3 Å². The molecule has 0 bridgehead atoms. The maximum atomic E-state index is 13.0. The maximum absolute atomic E-state index is 13.0. The number of para-hydroxylation sites is 1. The van der Waals surface area contributed by atoms with Crippen LogP contribution in [0.1, 0.15) is 52.4 Å². The number of nitrogens with zero attached hydrogens (tertiary/aromatic N) is 1. The zero-order valence-electron chi connectivity index (χ0n) is 17.7. The number of rotatable bonds is 6. The first-order valence-corrected chi connectivity index (χ1v) is 10.6. The highest BCUT2D eigenvalue weighted by Crippen LogP contribution is 2.26. The zero-order valence-corrected chi connectivity index (χ0v) is 17.7. The molecule has 152 valence electrons. The van der Waals surface area contributed by atoms with Crippen molar-refractivity contribution >= 4 is 16.8 Å². The van der Waals surface area contributed by atoms with Gasteiger partial charge in [-0.05, 0) is 80.8 Å². The Hall–Kier alpha value is -2.59. The molecule has 0 saturated heterocycles. The number of hydrogen-bond acceptors (Lipinski definition) is 2. The molecule has 0 aliphatic carbocycles. The number of H-pyrrole nitrogens is 1. The fourth-order valence-corrected chi connectivity index (χ4v) is 4.40. The van der Waals surface area contributed by atoms with Crippen molar-refractivity contribution in [2.75, 3.05) is 13.1 Å². The van der Waals surface area contributed by atoms with Crippen molar-refractivity contribution in [3.05, 3.63) is 70.4 Å². The van der Waals surface area contributed by atoms with Gasteiger partial charge >= 0.3 is 0 Å². The van der Waals surface area contributed by atoms with E-state index in [1.807, 2.05) is 17.0 Å². The average Bonchev–Trinajstić information content (AvgIpc) is 3.12. The molecule has 1 atom stereocenters. The molecule has 4 nitrogen and oxygen atoms in total. The molecule has 0 saturated carbocycles. The molecule has 2 aromatic carbocycles. The molecule has 1 aliphatic rings. The molecular weight excluding hydrogens is 358 g/mol. The SMILES string of the molecule is Cc1ccc2c(c1C)CCN(CCC(C)(N)CCc1c[nH]c3ccccc13)C2=O. The van der Waals surface area contributed by atoms with Gasteiger partial charge < -0.3 is 15.6 Å². The molecule has 0 fully saturated rings. The molecule has 1 aliphatic heterocycles. The summed E-state index contributed by atoms with van der Waals surface area (Å²) in [7, 11) is 0. The molecule has 29 heavy (non-hydrogen) atoms. The predicted molar refractivity (Wildman–Crippen MR) is 119 cm³/mol. The number of benzene rings is 2. The minimum atomic E-state index is -0.303. The van der Waals surface area contributed by atoms with Gasteiger partial charge in [0.25, 0.3) is 5.91 Å². The Kier molecular flexibility index (Phi) is 5.22. The molecule has 1 unspecified atom stereocenters. The lowest BCUT2D eigenvalue weighted by Crippen LogP contribution is -2.44. The van der Waals surface area contributed by atoms with Crippen molar-refractivity contribution in [3.8, 4) is 0 Å². The van der Waals surface area contributed by atoms with E-state index in [4.69, 9.17) is 5.73 Å². The Morgan fingerprint density at radius 2 is 1.93 bits per heavy atom. The molecule has 0 spiro atoms. The molecule has 4 rings (SSSR count). The minimum absolute atomic E-state index is 0.154. The second-order valence-corrected chi connectivity index (χ2v) is 8.84. The van der Waals surface area contributed by atoms with Crippen molar-refractivity contribution in [1.29, 1.82) is 0 Å². The van der Waals surface area contributed by atoms with E-state index < -0.39 is 0 Å². The van der Waals surface area contributed by atoms with Crippen LogP contribution in [-0.4, -0.2) is 34.4 Å². The lowest BCUT2D eigenvalue weighted by Gasteiger charge is -2.33. The van der Waals surface area contributed by atoms with Crippen LogP contribution in [0.25, 0.3) is 10.9 Å². The fraction of sp³-hybridized carbons (Fsp3) is 0.400. The first-order valence-electron chi connectivity index (χ1n) is 10.6. The van der Waals surface area contributed by atoms with E-state index in [9.17, 15) is 4.79 Å². The van der Waals surface area contributed by atoms with E-state index in [0.717, 1.165) is 37.8 Å². The summed E-state index contributed by atoms with van der Waals surface area (Å²) in [5.74, 6) is 0.154. The Morgan fingerprint density at radius 3 is 2.76 bits per heavy atom. The number of carbonyl (C=O) groups is 1. The molecule has 1 aromatic heterocycles. The molecule has 1 amide bonds. The number of nitrogens with one attached hydrogen (secondary N) is 1. The van der Waals surface area contributed by atoms with Crippen LogP contribution in [0.15, 0.2) is 42.6 Å². The summed E-state index contributed by atoms with van der Waals surface area (Å²) in [6.07, 6.45) is 5.67. The predicted octanol–water partition coefficient (Wildman–Crippen LogP) is 4.52. The van der Waals surface area contributed by atoms with E-state index in [0.29, 0.717) is 6.54 Å². The molecule has 4 heteroatoms. The summed E-state index contributed by atoms with van der Waals surface area (Å²) in [4.78, 5) is 18.3. The van der Waals surface area contributed by atoms with Gasteiger partial charge in [-0.3, -0.25) is 4.79 Å². The monoisotopic (exact) mass is 389 g/mol. The number of aromatic amines is 1. The fourth-order valence-electron chi connectivity index (χ4n) is 4.40. The minimum Gasteiger partial charge on any atom is -0.361 e. The summed E-state index contributed by atoms with van der Waals surface area (Å²) < 4.78 is 0. The lowest BCUT2D eigenvalue weighted by molar-refractivity contribution is 0.0726. The van der Waals surface area contributed by atoms with Gasteiger partial charge in [-0.15, -0.1) is 0 Å². The highest BCUT2D eigenvalue weighted by atomic mass is 16.2. The maximum Gasteiger partial charge on any atom is 0.254 e. The van der Waals surface area contributed by atoms with Crippen LogP contribution in [0.5, 0.6) is 0 Å². The Bertz CT molecular complexity index is 1050. The Morgan fingerprint density at radius 1 is 1.14 bits per heavy atom. The number of hydrogen-bond donors (Lipinski definition) is 2. The van der Waals surface area contributed by atoms with Gasteiger partial charge in [-0.25, -0.2) is 0 Å². The number of aryl methyl sites for hydroxylation is 2. The van der Waals surface area contributed by atoms with Crippen LogP contribution in [0.4, 0.5) is 0 Å². The van der Waals surface area contributed by atoms with Gasteiger partial charge in [0.05, 0.1) is 0 Å². The van der Waals surface area contributed by atoms with Gasteiger partial charge in [0.15, 0.2) is 0 Å². The second-order valence-electron chi connectivity index (χ2n) is 8.84. The average molecular weight is 390 g/mol. The third-order valence-corrected chi connectivity index (χ3v) is 6.61. The number of carbonyl (C=O) groups excluding carboxylic acids is 1. The third kappa shape index (κ3) is 3.95. The second kappa shape index (κ2) is 7.68. The van der Waals surface area contributed by atoms with Crippen LogP contribution in [-0.2, 0) is 12.8 Å². The molecule has 3 N–H and O–H groups in total. The largest absolute Gasteiger partial charge is 0.361 e. The van der Waals surface area contributed by atoms with Crippen LogP contribution in [0.3, 0.4) is 0 Å². The van der Waals surface area contributed by atoms with E-state index in [1.54, 1.807) is 0 Å². The molecular formula is C25H31N3O. The first-order chi connectivity index (χ1) is 13.9. The zero-order chi connectivity index (χ0) is 20.6. The standard InChI is InChI=1S/C25H31N3O/c1-17-8-9-22-20(18(17)2)11-14-28(24(22)29)15-13-25(3,26)12-10-19-16-27-23-7-5-4-6-21(19)23/h4-9,16,27H,10-15,26H2,1-3H3. The van der Waals surface area contributed by atoms with Crippen molar-refractivity contribution in [2.45, 2.75) is 52.0 Å². The number of fused-ring (bicyclic) bond motifs is 2. The number of amides is 1. The normalized spacial score (nSPS) is 16.1. The van der Waals surface area contributed by atoms with Crippen LogP contribution >= 0.6 is 0 Å². The van der Waals surface area contributed by atoms with Gasteiger partial charge in [0.1, 0.15) is 0 Å². The number of nitrogens with two attached hydrogens (primary N) is 1. The summed E-state index contributed by atoms with van der Waals surface area (Å²) in [5.41, 5.74) is 13.4. The summed E-state index contributed by atoms with van der Waals surface area (Å²) in [5, 5.41) is 1.27. The summed E-state index contributed by atoms with van der Waals surface area (Å²) >= 11 is 0. The van der Waals surface area contributed by atoms with Crippen molar-refractivity contribution in [2.24, 2.45) is 5.73 Å². The van der Waals surface area contributed by atoms with Crippen LogP contribution in [0.2, 0.25) is 0 Å². The highest BCUT2D eigenvalue weighted by molar-refractivity contribution is 5.97. The van der Waals surface area contributed by atoms with Gasteiger partial charge in [0.2, 0.25) is 0 Å². The summed E-state index contributed by atoms with van der Waals surface area (Å²) in [6.45, 7) is 7.84.